The largest absolute Gasteiger partial charge is 0.361 e. The van der Waals surface area contributed by atoms with Crippen molar-refractivity contribution in [2.24, 2.45) is 0 Å². The zero-order valence-electron chi connectivity index (χ0n) is 17.5. The van der Waals surface area contributed by atoms with Crippen molar-refractivity contribution < 1.29 is 4.79 Å². The van der Waals surface area contributed by atoms with E-state index in [1.165, 1.54) is 42.2 Å². The molecule has 4 rings (SSSR count). The van der Waals surface area contributed by atoms with E-state index in [0.717, 1.165) is 30.7 Å². The second-order valence-corrected chi connectivity index (χ2v) is 8.34. The van der Waals surface area contributed by atoms with Gasteiger partial charge >= 0.3 is 0 Å². The van der Waals surface area contributed by atoms with Crippen molar-refractivity contribution in [3.8, 4) is 0 Å². The first kappa shape index (κ1) is 19.7. The number of hydrogen-bond donors (Lipinski definition) is 2. The Morgan fingerprint density at radius 1 is 1.14 bits per heavy atom. The first-order valence-corrected chi connectivity index (χ1v) is 10.8. The third kappa shape index (κ3) is 4.54. The van der Waals surface area contributed by atoms with Crippen LogP contribution in [0, 0.1) is 0 Å². The molecule has 1 fully saturated rings. The van der Waals surface area contributed by atoms with Gasteiger partial charge in [0.1, 0.15) is 0 Å². The summed E-state index contributed by atoms with van der Waals surface area (Å²) in [6.07, 6.45) is 7.96. The number of carbonyl (C=O) groups is 1. The molecule has 1 amide bonds. The fourth-order valence-corrected chi connectivity index (χ4v) is 4.28. The third-order valence-corrected chi connectivity index (χ3v) is 6.17. The average molecular weight is 390 g/mol. The Bertz CT molecular complexity index is 965. The molecule has 0 radical (unpaired) electrons. The average Bonchev–Trinajstić information content (AvgIpc) is 3.16. The molecule has 0 bridgehead atoms. The van der Waals surface area contributed by atoms with Gasteiger partial charge in [0.15, 0.2) is 0 Å². The molecule has 0 atom stereocenters. The summed E-state index contributed by atoms with van der Waals surface area (Å²) in [5.41, 5.74) is 5.36. The molecule has 0 saturated carbocycles. The summed E-state index contributed by atoms with van der Waals surface area (Å²) >= 11 is 0. The number of nitrogens with one attached hydrogen (secondary N) is 2. The molecule has 29 heavy (non-hydrogen) atoms. The van der Waals surface area contributed by atoms with Crippen LogP contribution in [-0.2, 0) is 6.42 Å². The van der Waals surface area contributed by atoms with E-state index >= 15 is 0 Å². The zero-order chi connectivity index (χ0) is 20.2. The van der Waals surface area contributed by atoms with Gasteiger partial charge in [-0.15, -0.1) is 0 Å². The van der Waals surface area contributed by atoms with Gasteiger partial charge < -0.3 is 15.2 Å². The lowest BCUT2D eigenvalue weighted by atomic mass is 9.89. The van der Waals surface area contributed by atoms with Gasteiger partial charge in [0.05, 0.1) is 0 Å². The Kier molecular flexibility index (Phi) is 6.00. The van der Waals surface area contributed by atoms with Crippen LogP contribution >= 0.6 is 0 Å². The van der Waals surface area contributed by atoms with Crippen molar-refractivity contribution in [1.82, 2.24) is 9.88 Å². The molecule has 2 heterocycles. The molecule has 1 aliphatic heterocycles. The lowest BCUT2D eigenvalue weighted by molar-refractivity contribution is 0.102. The molecular weight excluding hydrogens is 358 g/mol. The molecule has 4 heteroatoms. The quantitative estimate of drug-likeness (QED) is 0.579. The first-order chi connectivity index (χ1) is 14.1. The topological polar surface area (TPSA) is 48.1 Å². The normalized spacial score (nSPS) is 15.7. The molecule has 152 valence electrons. The van der Waals surface area contributed by atoms with Gasteiger partial charge in [-0.25, -0.2) is 0 Å². The minimum Gasteiger partial charge on any atom is -0.361 e. The van der Waals surface area contributed by atoms with Crippen molar-refractivity contribution >= 4 is 22.5 Å². The number of benzene rings is 2. The predicted octanol–water partition coefficient (Wildman–Crippen LogP) is 5.57. The Hall–Kier alpha value is -2.59. The molecule has 0 spiro atoms. The van der Waals surface area contributed by atoms with E-state index in [-0.39, 0.29) is 5.91 Å². The zero-order valence-corrected chi connectivity index (χ0v) is 17.5. The van der Waals surface area contributed by atoms with Crippen molar-refractivity contribution in [2.75, 3.05) is 25.5 Å². The minimum atomic E-state index is -0.0530. The summed E-state index contributed by atoms with van der Waals surface area (Å²) in [4.78, 5) is 18.5. The van der Waals surface area contributed by atoms with Gasteiger partial charge in [0.25, 0.3) is 5.91 Å². The number of hydrogen-bond acceptors (Lipinski definition) is 2. The van der Waals surface area contributed by atoms with Crippen LogP contribution in [0.3, 0.4) is 0 Å². The molecule has 4 nitrogen and oxygen atoms in total. The fourth-order valence-electron chi connectivity index (χ4n) is 4.28. The summed E-state index contributed by atoms with van der Waals surface area (Å²) in [5, 5.41) is 4.31. The highest BCUT2D eigenvalue weighted by molar-refractivity contribution is 6.05. The Morgan fingerprint density at radius 3 is 2.62 bits per heavy atom. The number of amides is 1. The van der Waals surface area contributed by atoms with Crippen LogP contribution in [0.15, 0.2) is 48.7 Å². The molecular formula is C25H31N3O. The summed E-state index contributed by atoms with van der Waals surface area (Å²) in [7, 11) is 2.19. The third-order valence-electron chi connectivity index (χ3n) is 6.17. The number of unbranched alkanes of at least 4 members (excludes halogenated alkanes) is 1. The lowest BCUT2D eigenvalue weighted by Crippen LogP contribution is -2.29. The van der Waals surface area contributed by atoms with Crippen molar-refractivity contribution in [3.05, 3.63) is 65.4 Å². The van der Waals surface area contributed by atoms with Gasteiger partial charge in [0, 0.05) is 28.4 Å². The monoisotopic (exact) mass is 389 g/mol. The molecule has 2 aromatic carbocycles. The van der Waals surface area contributed by atoms with Gasteiger partial charge in [0.2, 0.25) is 0 Å². The van der Waals surface area contributed by atoms with E-state index in [0.29, 0.717) is 11.5 Å². The smallest absolute Gasteiger partial charge is 0.255 e. The molecule has 0 unspecified atom stereocenters. The summed E-state index contributed by atoms with van der Waals surface area (Å²) in [6, 6.07) is 14.2. The number of piperidine rings is 1. The van der Waals surface area contributed by atoms with E-state index in [9.17, 15) is 4.79 Å². The first-order valence-electron chi connectivity index (χ1n) is 10.8. The van der Waals surface area contributed by atoms with Crippen molar-refractivity contribution in [2.45, 2.75) is 44.9 Å². The van der Waals surface area contributed by atoms with Crippen LogP contribution in [0.25, 0.3) is 10.9 Å². The number of rotatable bonds is 6. The highest BCUT2D eigenvalue weighted by Crippen LogP contribution is 2.34. The predicted molar refractivity (Wildman–Crippen MR) is 121 cm³/mol. The van der Waals surface area contributed by atoms with E-state index < -0.39 is 0 Å². The van der Waals surface area contributed by atoms with E-state index in [1.54, 1.807) is 0 Å². The second kappa shape index (κ2) is 8.83. The molecule has 0 aliphatic carbocycles. The van der Waals surface area contributed by atoms with Crippen LogP contribution in [-0.4, -0.2) is 35.9 Å². The standard InChI is InChI=1S/C25H31N3O/c1-3-4-5-18-6-8-20(9-7-18)25(29)27-21-10-11-24-22(16-21)23(17-26-24)19-12-14-28(2)15-13-19/h6-11,16-17,19,26H,3-5,12-15H2,1-2H3,(H,27,29). The van der Waals surface area contributed by atoms with E-state index in [1.807, 2.05) is 18.2 Å². The van der Waals surface area contributed by atoms with E-state index in [4.69, 9.17) is 0 Å². The number of aromatic nitrogens is 1. The van der Waals surface area contributed by atoms with Crippen LogP contribution in [0.2, 0.25) is 0 Å². The van der Waals surface area contributed by atoms with Crippen molar-refractivity contribution in [1.29, 1.82) is 0 Å². The highest BCUT2D eigenvalue weighted by Gasteiger charge is 2.21. The maximum Gasteiger partial charge on any atom is 0.255 e. The maximum atomic E-state index is 12.7. The highest BCUT2D eigenvalue weighted by atomic mass is 16.1. The maximum absolute atomic E-state index is 12.7. The minimum absolute atomic E-state index is 0.0530. The van der Waals surface area contributed by atoms with Gasteiger partial charge in [-0.2, -0.15) is 0 Å². The van der Waals surface area contributed by atoms with Crippen LogP contribution in [0.1, 0.15) is 60.0 Å². The van der Waals surface area contributed by atoms with Crippen LogP contribution in [0.4, 0.5) is 5.69 Å². The Labute approximate surface area is 173 Å². The lowest BCUT2D eigenvalue weighted by Gasteiger charge is -2.28. The van der Waals surface area contributed by atoms with Crippen LogP contribution in [0.5, 0.6) is 0 Å². The number of fused-ring (bicyclic) bond motifs is 1. The van der Waals surface area contributed by atoms with Gasteiger partial charge in [-0.05, 0) is 93.2 Å². The fraction of sp³-hybridized carbons (Fsp3) is 0.400. The number of nitrogens with zero attached hydrogens (tertiary/aromatic N) is 1. The number of anilines is 1. The van der Waals surface area contributed by atoms with Gasteiger partial charge in [-0.3, -0.25) is 4.79 Å². The summed E-state index contributed by atoms with van der Waals surface area (Å²) in [6.45, 7) is 4.48. The molecule has 3 aromatic rings. The summed E-state index contributed by atoms with van der Waals surface area (Å²) in [5.74, 6) is 0.532. The molecule has 1 saturated heterocycles. The molecule has 1 aromatic heterocycles. The SMILES string of the molecule is CCCCc1ccc(C(=O)Nc2ccc3[nH]cc(C4CCN(C)CC4)c3c2)cc1. The summed E-state index contributed by atoms with van der Waals surface area (Å²) < 4.78 is 0. The Balaban J connectivity index is 1.49. The van der Waals surface area contributed by atoms with Crippen LogP contribution < -0.4 is 5.32 Å². The number of carbonyl (C=O) groups excluding carboxylic acids is 1. The molecule has 2 N–H and O–H groups in total. The molecule has 1 aliphatic rings. The number of likely N-dealkylation sites (tertiary alicyclic amines) is 1. The second-order valence-electron chi connectivity index (χ2n) is 8.34. The number of H-pyrrole nitrogens is 1. The Morgan fingerprint density at radius 2 is 1.90 bits per heavy atom. The number of aromatic amines is 1. The van der Waals surface area contributed by atoms with Crippen molar-refractivity contribution in [3.63, 3.8) is 0 Å². The van der Waals surface area contributed by atoms with E-state index in [2.05, 4.69) is 59.6 Å². The van der Waals surface area contributed by atoms with Gasteiger partial charge in [-0.1, -0.05) is 25.5 Å². The number of aryl methyl sites for hydroxylation is 1.